The lowest BCUT2D eigenvalue weighted by Gasteiger charge is -2.26. The van der Waals surface area contributed by atoms with E-state index >= 15 is 0 Å². The van der Waals surface area contributed by atoms with Gasteiger partial charge in [0, 0.05) is 18.7 Å². The highest BCUT2D eigenvalue weighted by Crippen LogP contribution is 2.21. The molecule has 0 aromatic heterocycles. The third-order valence-corrected chi connectivity index (χ3v) is 6.68. The van der Waals surface area contributed by atoms with Gasteiger partial charge < -0.3 is 10.1 Å². The van der Waals surface area contributed by atoms with Gasteiger partial charge in [0.15, 0.2) is 0 Å². The maximum atomic E-state index is 12.8. The Labute approximate surface area is 166 Å². The Morgan fingerprint density at radius 2 is 1.82 bits per heavy atom. The van der Waals surface area contributed by atoms with Gasteiger partial charge in [0.25, 0.3) is 5.91 Å². The number of rotatable bonds is 7. The van der Waals surface area contributed by atoms with Gasteiger partial charge in [-0.25, -0.2) is 8.42 Å². The van der Waals surface area contributed by atoms with Crippen LogP contribution in [0.25, 0.3) is 0 Å². The van der Waals surface area contributed by atoms with Gasteiger partial charge in [-0.1, -0.05) is 49.7 Å². The molecular weight excluding hydrogens is 376 g/mol. The van der Waals surface area contributed by atoms with Crippen molar-refractivity contribution in [2.24, 2.45) is 0 Å². The van der Waals surface area contributed by atoms with Crippen molar-refractivity contribution in [3.8, 4) is 0 Å². The van der Waals surface area contributed by atoms with Crippen molar-refractivity contribution in [1.82, 2.24) is 9.62 Å². The van der Waals surface area contributed by atoms with Crippen LogP contribution in [0.5, 0.6) is 0 Å². The largest absolute Gasteiger partial charge is 0.379 e. The Morgan fingerprint density at radius 3 is 2.50 bits per heavy atom. The summed E-state index contributed by atoms with van der Waals surface area (Å²) in [6.07, 6.45) is 1.73. The molecule has 1 fully saturated rings. The van der Waals surface area contributed by atoms with Gasteiger partial charge in [-0.3, -0.25) is 4.79 Å². The molecule has 1 unspecified atom stereocenters. The molecule has 0 bridgehead atoms. The summed E-state index contributed by atoms with van der Waals surface area (Å²) >= 11 is 0. The van der Waals surface area contributed by atoms with E-state index in [2.05, 4.69) is 12.2 Å². The fourth-order valence-electron chi connectivity index (χ4n) is 3.27. The van der Waals surface area contributed by atoms with Crippen LogP contribution < -0.4 is 5.32 Å². The molecule has 1 N–H and O–H groups in total. The molecule has 2 aromatic rings. The average molecular weight is 403 g/mol. The third-order valence-electron chi connectivity index (χ3n) is 4.79. The molecule has 1 saturated heterocycles. The van der Waals surface area contributed by atoms with Crippen LogP contribution in [0.4, 0.5) is 0 Å². The molecule has 0 radical (unpaired) electrons. The number of hydrogen-bond acceptors (Lipinski definition) is 4. The lowest BCUT2D eigenvalue weighted by atomic mass is 10.0. The first-order valence-electron chi connectivity index (χ1n) is 9.56. The molecule has 28 heavy (non-hydrogen) atoms. The van der Waals surface area contributed by atoms with Gasteiger partial charge in [0.05, 0.1) is 24.2 Å². The number of morpholine rings is 1. The normalized spacial score (nSPS) is 16.5. The Kier molecular flexibility index (Phi) is 6.83. The molecule has 6 nitrogen and oxygen atoms in total. The van der Waals surface area contributed by atoms with Crippen LogP contribution in [0.15, 0.2) is 59.5 Å². The summed E-state index contributed by atoms with van der Waals surface area (Å²) in [5.41, 5.74) is 1.38. The Balaban J connectivity index is 1.79. The maximum absolute atomic E-state index is 12.8. The molecule has 7 heteroatoms. The highest BCUT2D eigenvalue weighted by atomic mass is 32.2. The van der Waals surface area contributed by atoms with Crippen molar-refractivity contribution < 1.29 is 17.9 Å². The van der Waals surface area contributed by atoms with Gasteiger partial charge in [-0.15, -0.1) is 0 Å². The van der Waals surface area contributed by atoms with Crippen LogP contribution in [0.1, 0.15) is 41.7 Å². The summed E-state index contributed by atoms with van der Waals surface area (Å²) in [5, 5.41) is 3.04. The molecule has 3 rings (SSSR count). The molecule has 150 valence electrons. The summed E-state index contributed by atoms with van der Waals surface area (Å²) in [7, 11) is -3.64. The molecule has 1 heterocycles. The minimum atomic E-state index is -3.64. The smallest absolute Gasteiger partial charge is 0.251 e. The van der Waals surface area contributed by atoms with Crippen LogP contribution in [-0.4, -0.2) is 44.9 Å². The van der Waals surface area contributed by atoms with E-state index < -0.39 is 10.0 Å². The predicted octanol–water partition coefficient (Wildman–Crippen LogP) is 2.98. The monoisotopic (exact) mass is 402 g/mol. The molecule has 0 saturated carbocycles. The summed E-state index contributed by atoms with van der Waals surface area (Å²) in [5.74, 6) is -0.277. The lowest BCUT2D eigenvalue weighted by molar-refractivity contribution is 0.0730. The first-order chi connectivity index (χ1) is 13.5. The summed E-state index contributed by atoms with van der Waals surface area (Å²) < 4.78 is 32.3. The van der Waals surface area contributed by atoms with E-state index in [1.165, 1.54) is 16.4 Å². The zero-order valence-corrected chi connectivity index (χ0v) is 16.8. The Morgan fingerprint density at radius 1 is 1.11 bits per heavy atom. The zero-order valence-electron chi connectivity index (χ0n) is 16.0. The number of nitrogens with zero attached hydrogens (tertiary/aromatic N) is 1. The van der Waals surface area contributed by atoms with E-state index in [0.29, 0.717) is 31.9 Å². The molecule has 1 aliphatic heterocycles. The zero-order chi connectivity index (χ0) is 20.0. The Bertz CT molecular complexity index is 894. The van der Waals surface area contributed by atoms with E-state index in [1.54, 1.807) is 12.1 Å². The van der Waals surface area contributed by atoms with E-state index in [9.17, 15) is 13.2 Å². The minimum absolute atomic E-state index is 0.113. The van der Waals surface area contributed by atoms with Crippen LogP contribution in [-0.2, 0) is 14.8 Å². The average Bonchev–Trinajstić information content (AvgIpc) is 2.74. The molecule has 1 atom stereocenters. The van der Waals surface area contributed by atoms with Crippen LogP contribution in [0.3, 0.4) is 0 Å². The van der Waals surface area contributed by atoms with E-state index in [1.807, 2.05) is 30.3 Å². The number of amides is 1. The van der Waals surface area contributed by atoms with Crippen LogP contribution in [0, 0.1) is 0 Å². The maximum Gasteiger partial charge on any atom is 0.251 e. The first-order valence-corrected chi connectivity index (χ1v) is 11.0. The van der Waals surface area contributed by atoms with Crippen molar-refractivity contribution in [3.63, 3.8) is 0 Å². The number of sulfonamides is 1. The Hall–Kier alpha value is -2.22. The predicted molar refractivity (Wildman–Crippen MR) is 108 cm³/mol. The summed E-state index contributed by atoms with van der Waals surface area (Å²) in [6, 6.07) is 15.9. The van der Waals surface area contributed by atoms with Crippen molar-refractivity contribution in [1.29, 1.82) is 0 Å². The topological polar surface area (TPSA) is 75.7 Å². The number of ether oxygens (including phenoxy) is 1. The number of benzene rings is 2. The van der Waals surface area contributed by atoms with E-state index in [0.717, 1.165) is 18.4 Å². The van der Waals surface area contributed by atoms with Gasteiger partial charge in [-0.2, -0.15) is 4.31 Å². The number of carbonyl (C=O) groups is 1. The quantitative estimate of drug-likeness (QED) is 0.773. The molecule has 0 aliphatic carbocycles. The van der Waals surface area contributed by atoms with Gasteiger partial charge in [0.2, 0.25) is 10.0 Å². The van der Waals surface area contributed by atoms with Gasteiger partial charge >= 0.3 is 0 Å². The van der Waals surface area contributed by atoms with E-state index in [-0.39, 0.29) is 16.8 Å². The lowest BCUT2D eigenvalue weighted by Crippen LogP contribution is -2.40. The van der Waals surface area contributed by atoms with Crippen LogP contribution >= 0.6 is 0 Å². The SMILES string of the molecule is CCCC(NC(=O)c1cccc(S(=O)(=O)N2CCOCC2)c1)c1ccccc1. The molecule has 1 amide bonds. The number of hydrogen-bond donors (Lipinski definition) is 1. The van der Waals surface area contributed by atoms with E-state index in [4.69, 9.17) is 4.74 Å². The van der Waals surface area contributed by atoms with Crippen molar-refractivity contribution >= 4 is 15.9 Å². The third kappa shape index (κ3) is 4.79. The highest BCUT2D eigenvalue weighted by Gasteiger charge is 2.27. The van der Waals surface area contributed by atoms with Crippen LogP contribution in [0.2, 0.25) is 0 Å². The molecule has 2 aromatic carbocycles. The van der Waals surface area contributed by atoms with Crippen molar-refractivity contribution in [2.45, 2.75) is 30.7 Å². The summed E-state index contributed by atoms with van der Waals surface area (Å²) in [4.78, 5) is 13.0. The van der Waals surface area contributed by atoms with Gasteiger partial charge in [-0.05, 0) is 30.2 Å². The summed E-state index contributed by atoms with van der Waals surface area (Å²) in [6.45, 7) is 3.48. The second-order valence-electron chi connectivity index (χ2n) is 6.77. The molecule has 0 spiro atoms. The minimum Gasteiger partial charge on any atom is -0.379 e. The van der Waals surface area contributed by atoms with Crippen molar-refractivity contribution in [3.05, 3.63) is 65.7 Å². The fraction of sp³-hybridized carbons (Fsp3) is 0.381. The second-order valence-corrected chi connectivity index (χ2v) is 8.71. The number of carbonyl (C=O) groups excluding carboxylic acids is 1. The molecule has 1 aliphatic rings. The highest BCUT2D eigenvalue weighted by molar-refractivity contribution is 7.89. The first kappa shape index (κ1) is 20.5. The fourth-order valence-corrected chi connectivity index (χ4v) is 4.73. The second kappa shape index (κ2) is 9.32. The number of nitrogens with one attached hydrogen (secondary N) is 1. The molecular formula is C21H26N2O4S. The van der Waals surface area contributed by atoms with Gasteiger partial charge in [0.1, 0.15) is 0 Å². The van der Waals surface area contributed by atoms with Crippen molar-refractivity contribution in [2.75, 3.05) is 26.3 Å². The standard InChI is InChI=1S/C21H26N2O4S/c1-2-7-20(17-8-4-3-5-9-17)22-21(24)18-10-6-11-19(16-18)28(25,26)23-12-14-27-15-13-23/h3-6,8-11,16,20H,2,7,12-15H2,1H3,(H,22,24).